The highest BCUT2D eigenvalue weighted by Gasteiger charge is 2.22. The lowest BCUT2D eigenvalue weighted by atomic mass is 9.95. The third-order valence-electron chi connectivity index (χ3n) is 2.42. The highest BCUT2D eigenvalue weighted by Crippen LogP contribution is 2.26. The number of rotatable bonds is 0. The average molecular weight is 163 g/mol. The summed E-state index contributed by atoms with van der Waals surface area (Å²) in [6, 6.07) is 8.23. The van der Waals surface area contributed by atoms with Crippen LogP contribution in [0.5, 0.6) is 0 Å². The molecule has 0 aliphatic carbocycles. The fraction of sp³-hybridized carbons (Fsp3) is 0.400. The van der Waals surface area contributed by atoms with Crippen LogP contribution in [-0.2, 0) is 11.3 Å². The van der Waals surface area contributed by atoms with E-state index in [0.29, 0.717) is 6.61 Å². The van der Waals surface area contributed by atoms with Crippen LogP contribution in [0.2, 0.25) is 0 Å². The molecule has 1 aliphatic rings. The molecule has 0 fully saturated rings. The number of benzene rings is 1. The van der Waals surface area contributed by atoms with Gasteiger partial charge in [-0.1, -0.05) is 24.3 Å². The zero-order valence-electron chi connectivity index (χ0n) is 7.16. The van der Waals surface area contributed by atoms with Crippen LogP contribution in [0.3, 0.4) is 0 Å². The molecule has 0 aromatic heterocycles. The second-order valence-corrected chi connectivity index (χ2v) is 3.24. The maximum Gasteiger partial charge on any atom is 0.0744 e. The number of hydrogen-bond acceptors (Lipinski definition) is 2. The normalized spacial score (nSPS) is 28.2. The first kappa shape index (κ1) is 7.77. The van der Waals surface area contributed by atoms with E-state index in [1.807, 2.05) is 19.1 Å². The molecule has 1 aliphatic heterocycles. The Kier molecular flexibility index (Phi) is 1.87. The minimum Gasteiger partial charge on any atom is -0.372 e. The van der Waals surface area contributed by atoms with Gasteiger partial charge in [-0.25, -0.2) is 0 Å². The molecule has 0 saturated heterocycles. The number of ether oxygens (including phenoxy) is 1. The van der Waals surface area contributed by atoms with Crippen molar-refractivity contribution in [3.8, 4) is 0 Å². The van der Waals surface area contributed by atoms with Crippen LogP contribution in [0.1, 0.15) is 24.1 Å². The molecule has 12 heavy (non-hydrogen) atoms. The van der Waals surface area contributed by atoms with Crippen molar-refractivity contribution in [2.45, 2.75) is 25.7 Å². The standard InChI is InChI=1S/C10H13NO/c1-7-10(11)9-5-3-2-4-8(9)6-12-7/h2-5,7,10H,6,11H2,1H3/t7-,10?/m1/s1. The first-order chi connectivity index (χ1) is 5.79. The van der Waals surface area contributed by atoms with Crippen molar-refractivity contribution in [3.63, 3.8) is 0 Å². The second kappa shape index (κ2) is 2.88. The number of hydrogen-bond donors (Lipinski definition) is 1. The lowest BCUT2D eigenvalue weighted by Crippen LogP contribution is -2.31. The summed E-state index contributed by atoms with van der Waals surface area (Å²) in [7, 11) is 0. The molecular formula is C10H13NO. The zero-order chi connectivity index (χ0) is 8.55. The second-order valence-electron chi connectivity index (χ2n) is 3.24. The Morgan fingerprint density at radius 1 is 1.42 bits per heavy atom. The summed E-state index contributed by atoms with van der Waals surface area (Å²) >= 11 is 0. The van der Waals surface area contributed by atoms with Gasteiger partial charge < -0.3 is 10.5 Å². The molecule has 2 nitrogen and oxygen atoms in total. The van der Waals surface area contributed by atoms with Gasteiger partial charge in [0.05, 0.1) is 18.8 Å². The van der Waals surface area contributed by atoms with Crippen LogP contribution in [0.15, 0.2) is 24.3 Å². The van der Waals surface area contributed by atoms with Gasteiger partial charge in [0.15, 0.2) is 0 Å². The topological polar surface area (TPSA) is 35.2 Å². The summed E-state index contributed by atoms with van der Waals surface area (Å²) in [5, 5.41) is 0. The average Bonchev–Trinajstić information content (AvgIpc) is 2.12. The molecule has 64 valence electrons. The fourth-order valence-corrected chi connectivity index (χ4v) is 1.57. The van der Waals surface area contributed by atoms with Crippen LogP contribution in [0.4, 0.5) is 0 Å². The summed E-state index contributed by atoms with van der Waals surface area (Å²) in [5.41, 5.74) is 8.42. The monoisotopic (exact) mass is 163 g/mol. The van der Waals surface area contributed by atoms with Gasteiger partial charge in [0.2, 0.25) is 0 Å². The molecule has 0 saturated carbocycles. The van der Waals surface area contributed by atoms with Gasteiger partial charge in [-0.2, -0.15) is 0 Å². The Hall–Kier alpha value is -0.860. The first-order valence-electron chi connectivity index (χ1n) is 4.24. The molecule has 2 rings (SSSR count). The first-order valence-corrected chi connectivity index (χ1v) is 4.24. The lowest BCUT2D eigenvalue weighted by Gasteiger charge is -2.28. The minimum absolute atomic E-state index is 0.0370. The third-order valence-corrected chi connectivity index (χ3v) is 2.42. The Morgan fingerprint density at radius 2 is 2.17 bits per heavy atom. The van der Waals surface area contributed by atoms with Crippen LogP contribution in [-0.4, -0.2) is 6.10 Å². The highest BCUT2D eigenvalue weighted by atomic mass is 16.5. The van der Waals surface area contributed by atoms with E-state index in [4.69, 9.17) is 10.5 Å². The van der Waals surface area contributed by atoms with Gasteiger partial charge in [0, 0.05) is 0 Å². The molecule has 0 amide bonds. The van der Waals surface area contributed by atoms with Crippen molar-refractivity contribution >= 4 is 0 Å². The maximum atomic E-state index is 5.96. The van der Waals surface area contributed by atoms with E-state index >= 15 is 0 Å². The van der Waals surface area contributed by atoms with E-state index in [9.17, 15) is 0 Å². The highest BCUT2D eigenvalue weighted by molar-refractivity contribution is 5.31. The van der Waals surface area contributed by atoms with Crippen molar-refractivity contribution in [2.75, 3.05) is 0 Å². The zero-order valence-corrected chi connectivity index (χ0v) is 7.16. The van der Waals surface area contributed by atoms with Crippen LogP contribution in [0, 0.1) is 0 Å². The Balaban J connectivity index is 2.42. The van der Waals surface area contributed by atoms with Crippen molar-refractivity contribution in [1.82, 2.24) is 0 Å². The van der Waals surface area contributed by atoms with Gasteiger partial charge in [-0.15, -0.1) is 0 Å². The SMILES string of the molecule is C[C@H]1OCc2ccccc2C1N. The molecule has 1 unspecified atom stereocenters. The van der Waals surface area contributed by atoms with Gasteiger partial charge in [0.25, 0.3) is 0 Å². The van der Waals surface area contributed by atoms with E-state index in [1.165, 1.54) is 11.1 Å². The smallest absolute Gasteiger partial charge is 0.0744 e. The van der Waals surface area contributed by atoms with E-state index in [-0.39, 0.29) is 12.1 Å². The molecule has 1 aromatic rings. The summed E-state index contributed by atoms with van der Waals surface area (Å²) in [5.74, 6) is 0. The maximum absolute atomic E-state index is 5.96. The van der Waals surface area contributed by atoms with Crippen molar-refractivity contribution in [3.05, 3.63) is 35.4 Å². The minimum atomic E-state index is 0.0370. The van der Waals surface area contributed by atoms with Crippen molar-refractivity contribution in [2.24, 2.45) is 5.73 Å². The van der Waals surface area contributed by atoms with Gasteiger partial charge in [-0.05, 0) is 18.1 Å². The molecule has 0 spiro atoms. The summed E-state index contributed by atoms with van der Waals surface area (Å²) in [6.45, 7) is 2.71. The molecule has 2 N–H and O–H groups in total. The lowest BCUT2D eigenvalue weighted by molar-refractivity contribution is 0.0214. The van der Waals surface area contributed by atoms with Gasteiger partial charge in [-0.3, -0.25) is 0 Å². The van der Waals surface area contributed by atoms with Crippen molar-refractivity contribution in [1.29, 1.82) is 0 Å². The quantitative estimate of drug-likeness (QED) is 0.630. The predicted molar refractivity (Wildman–Crippen MR) is 47.6 cm³/mol. The predicted octanol–water partition coefficient (Wildman–Crippen LogP) is 1.61. The molecule has 1 aromatic carbocycles. The van der Waals surface area contributed by atoms with Crippen molar-refractivity contribution < 1.29 is 4.74 Å². The molecule has 0 radical (unpaired) electrons. The Bertz CT molecular complexity index is 285. The Morgan fingerprint density at radius 3 is 3.00 bits per heavy atom. The summed E-state index contributed by atoms with van der Waals surface area (Å²) in [4.78, 5) is 0. The van der Waals surface area contributed by atoms with E-state index < -0.39 is 0 Å². The number of nitrogens with two attached hydrogens (primary N) is 1. The van der Waals surface area contributed by atoms with Crippen LogP contribution in [0.25, 0.3) is 0 Å². The molecule has 0 bridgehead atoms. The molecular weight excluding hydrogens is 150 g/mol. The third kappa shape index (κ3) is 1.13. The molecule has 1 heterocycles. The summed E-state index contributed by atoms with van der Waals surface area (Å²) in [6.07, 6.45) is 0.139. The van der Waals surface area contributed by atoms with E-state index in [1.54, 1.807) is 0 Å². The molecule has 2 heteroatoms. The van der Waals surface area contributed by atoms with E-state index in [2.05, 4.69) is 12.1 Å². The van der Waals surface area contributed by atoms with Gasteiger partial charge >= 0.3 is 0 Å². The summed E-state index contributed by atoms with van der Waals surface area (Å²) < 4.78 is 5.49. The Labute approximate surface area is 72.3 Å². The largest absolute Gasteiger partial charge is 0.372 e. The fourth-order valence-electron chi connectivity index (χ4n) is 1.57. The molecule has 2 atom stereocenters. The number of fused-ring (bicyclic) bond motifs is 1. The van der Waals surface area contributed by atoms with Crippen LogP contribution >= 0.6 is 0 Å². The van der Waals surface area contributed by atoms with Gasteiger partial charge in [0.1, 0.15) is 0 Å². The van der Waals surface area contributed by atoms with E-state index in [0.717, 1.165) is 0 Å². The van der Waals surface area contributed by atoms with Crippen LogP contribution < -0.4 is 5.73 Å².